The molecular weight excluding hydrogens is 733 g/mol. The minimum atomic E-state index is -0.898. The molecule has 1 heterocycles. The monoisotopic (exact) mass is 807 g/mol. The van der Waals surface area contributed by atoms with E-state index < -0.39 is 24.2 Å². The van der Waals surface area contributed by atoms with Crippen LogP contribution in [0.3, 0.4) is 0 Å². The molecule has 4 fully saturated rings. The van der Waals surface area contributed by atoms with E-state index >= 15 is 0 Å². The van der Waals surface area contributed by atoms with Crippen molar-refractivity contribution < 1.29 is 29.4 Å². The van der Waals surface area contributed by atoms with Gasteiger partial charge in [-0.15, -0.1) is 0 Å². The third-order valence-electron chi connectivity index (χ3n) is 14.1. The molecule has 1 aliphatic heterocycles. The van der Waals surface area contributed by atoms with Crippen molar-refractivity contribution in [1.82, 2.24) is 25.1 Å². The van der Waals surface area contributed by atoms with E-state index in [2.05, 4.69) is 69.6 Å². The molecule has 1 saturated heterocycles. The molecule has 2 bridgehead atoms. The summed E-state index contributed by atoms with van der Waals surface area (Å²) in [6.07, 6.45) is 0.489. The molecular formula is C46H74N6O6. The van der Waals surface area contributed by atoms with Crippen molar-refractivity contribution in [3.63, 3.8) is 0 Å². The lowest BCUT2D eigenvalue weighted by Gasteiger charge is -2.62. The average molecular weight is 807 g/mol. The quantitative estimate of drug-likeness (QED) is 0.165. The zero-order chi connectivity index (χ0) is 42.5. The highest BCUT2D eigenvalue weighted by molar-refractivity contribution is 5.97. The second-order valence-corrected chi connectivity index (χ2v) is 17.7. The maximum absolute atomic E-state index is 14.5. The normalized spacial score (nSPS) is 25.7. The van der Waals surface area contributed by atoms with Crippen LogP contribution in [0.1, 0.15) is 84.2 Å². The number of likely N-dealkylation sites (N-methyl/N-ethyl adjacent to an activating group) is 2. The maximum Gasteiger partial charge on any atom is 0.254 e. The van der Waals surface area contributed by atoms with Gasteiger partial charge in [-0.25, -0.2) is 0 Å². The summed E-state index contributed by atoms with van der Waals surface area (Å²) >= 11 is 0. The van der Waals surface area contributed by atoms with Crippen molar-refractivity contribution in [1.29, 1.82) is 0 Å². The minimum Gasteiger partial charge on any atom is -0.496 e. The first-order valence-electron chi connectivity index (χ1n) is 21.9. The minimum absolute atomic E-state index is 0.00827. The largest absolute Gasteiger partial charge is 0.496 e. The third-order valence-corrected chi connectivity index (χ3v) is 14.1. The molecule has 324 valence electrons. The van der Waals surface area contributed by atoms with Gasteiger partial charge in [0.1, 0.15) is 17.9 Å². The topological polar surface area (TPSA) is 121 Å². The Morgan fingerprint density at radius 3 is 2.14 bits per heavy atom. The van der Waals surface area contributed by atoms with E-state index in [-0.39, 0.29) is 36.4 Å². The summed E-state index contributed by atoms with van der Waals surface area (Å²) < 4.78 is 6.16. The van der Waals surface area contributed by atoms with Gasteiger partial charge in [-0.1, -0.05) is 66.7 Å². The first kappa shape index (κ1) is 45.8. The van der Waals surface area contributed by atoms with E-state index in [1.165, 1.54) is 6.42 Å². The molecule has 2 amide bonds. The number of ether oxygens (including phenoxy) is 1. The number of aliphatic hydroxyl groups is 2. The Morgan fingerprint density at radius 2 is 1.62 bits per heavy atom. The number of rotatable bonds is 20. The first-order chi connectivity index (χ1) is 27.6. The Bertz CT molecular complexity index is 1660. The predicted molar refractivity (Wildman–Crippen MR) is 232 cm³/mol. The molecule has 3 saturated carbocycles. The molecule has 12 heteroatoms. The Morgan fingerprint density at radius 1 is 0.983 bits per heavy atom. The van der Waals surface area contributed by atoms with Gasteiger partial charge < -0.3 is 39.9 Å². The van der Waals surface area contributed by atoms with Crippen molar-refractivity contribution in [2.24, 2.45) is 29.1 Å². The average Bonchev–Trinajstić information content (AvgIpc) is 3.59. The van der Waals surface area contributed by atoms with Gasteiger partial charge in [-0.3, -0.25) is 14.4 Å². The zero-order valence-electron chi connectivity index (χ0n) is 37.3. The van der Waals surface area contributed by atoms with Crippen LogP contribution >= 0.6 is 0 Å². The van der Waals surface area contributed by atoms with E-state index in [4.69, 9.17) is 9.57 Å². The van der Waals surface area contributed by atoms with Crippen molar-refractivity contribution in [3.05, 3.63) is 47.5 Å². The van der Waals surface area contributed by atoms with Crippen LogP contribution in [0.25, 0.3) is 11.1 Å². The Balaban J connectivity index is 1.46. The fourth-order valence-corrected chi connectivity index (χ4v) is 10.1. The highest BCUT2D eigenvalue weighted by Crippen LogP contribution is 2.61. The number of nitrogens with zero attached hydrogens (tertiary/aromatic N) is 5. The van der Waals surface area contributed by atoms with Crippen LogP contribution < -0.4 is 15.0 Å². The second-order valence-electron chi connectivity index (χ2n) is 17.7. The molecule has 1 unspecified atom stereocenters. The molecule has 12 nitrogen and oxygen atoms in total. The van der Waals surface area contributed by atoms with Crippen LogP contribution in [-0.4, -0.2) is 146 Å². The van der Waals surface area contributed by atoms with Crippen molar-refractivity contribution >= 4 is 17.5 Å². The molecule has 4 aliphatic rings. The summed E-state index contributed by atoms with van der Waals surface area (Å²) in [7, 11) is 5.58. The van der Waals surface area contributed by atoms with Gasteiger partial charge in [0.25, 0.3) is 5.91 Å². The van der Waals surface area contributed by atoms with E-state index in [1.54, 1.807) is 19.1 Å². The van der Waals surface area contributed by atoms with Gasteiger partial charge in [0.2, 0.25) is 5.91 Å². The van der Waals surface area contributed by atoms with Gasteiger partial charge in [0, 0.05) is 74.6 Å². The number of benzene rings is 2. The SMILES string of the molecule is CCN(CC)CCN(CCN(CC)CC)C(=O)c1cc(-c2cccc(CN3O[C@@H](CO)[C@@H]([C@H](C)O)[C@H]3C(=O)NC3C[C@H]4C[C@@H]([C@@H]3C)C4(C)C)c2OC)cc(N(C)C)c1. The summed E-state index contributed by atoms with van der Waals surface area (Å²) in [5.74, 6) is 1.23. The smallest absolute Gasteiger partial charge is 0.254 e. The number of hydroxylamine groups is 2. The van der Waals surface area contributed by atoms with Crippen molar-refractivity contribution in [3.8, 4) is 16.9 Å². The second kappa shape index (κ2) is 19.9. The summed E-state index contributed by atoms with van der Waals surface area (Å²) in [6.45, 7) is 23.6. The molecule has 3 aliphatic carbocycles. The van der Waals surface area contributed by atoms with E-state index in [9.17, 15) is 19.8 Å². The summed E-state index contributed by atoms with van der Waals surface area (Å²) in [6, 6.07) is 11.1. The number of fused-ring (bicyclic) bond motifs is 2. The molecule has 0 spiro atoms. The highest BCUT2D eigenvalue weighted by atomic mass is 16.7. The predicted octanol–water partition coefficient (Wildman–Crippen LogP) is 5.21. The third kappa shape index (κ3) is 9.68. The van der Waals surface area contributed by atoms with E-state index in [1.807, 2.05) is 54.2 Å². The van der Waals surface area contributed by atoms with E-state index in [0.717, 1.165) is 68.1 Å². The summed E-state index contributed by atoms with van der Waals surface area (Å²) in [5.41, 5.74) is 4.20. The number of amides is 2. The van der Waals surface area contributed by atoms with Crippen LogP contribution in [0.2, 0.25) is 0 Å². The molecule has 0 radical (unpaired) electrons. The number of para-hydroxylation sites is 1. The Kier molecular flexibility index (Phi) is 15.7. The van der Waals surface area contributed by atoms with Crippen molar-refractivity contribution in [2.45, 2.75) is 99.1 Å². The molecule has 3 N–H and O–H groups in total. The van der Waals surface area contributed by atoms with E-state index in [0.29, 0.717) is 42.2 Å². The molecule has 6 rings (SSSR count). The molecule has 2 aromatic rings. The lowest BCUT2D eigenvalue weighted by molar-refractivity contribution is -0.183. The number of aliphatic hydroxyl groups excluding tert-OH is 2. The van der Waals surface area contributed by atoms with Crippen LogP contribution in [-0.2, 0) is 16.2 Å². The molecule has 58 heavy (non-hydrogen) atoms. The van der Waals surface area contributed by atoms with Gasteiger partial charge in [0.15, 0.2) is 0 Å². The number of carbonyl (C=O) groups is 2. The van der Waals surface area contributed by atoms with Crippen LogP contribution in [0.4, 0.5) is 5.69 Å². The summed E-state index contributed by atoms with van der Waals surface area (Å²) in [5, 5.41) is 26.4. The van der Waals surface area contributed by atoms with Gasteiger partial charge >= 0.3 is 0 Å². The lowest BCUT2D eigenvalue weighted by atomic mass is 9.45. The molecule has 0 aromatic heterocycles. The van der Waals surface area contributed by atoms with Crippen LogP contribution in [0, 0.1) is 29.1 Å². The lowest BCUT2D eigenvalue weighted by Crippen LogP contribution is -2.62. The fraction of sp³-hybridized carbons (Fsp3) is 0.696. The van der Waals surface area contributed by atoms with Crippen LogP contribution in [0.5, 0.6) is 5.75 Å². The molecule has 8 atom stereocenters. The standard InChI is InChI=1S/C46H74N6O6/c1-12-49(13-2)19-21-51(22-20-50(14-3)15-4)45(56)34-23-33(24-36(25-34)48(9)10)37-18-16-17-32(43(37)57-11)28-52-42(41(31(6)54)40(29-53)58-52)44(55)47-39-27-35-26-38(30(39)5)46(35,7)8/h16-18,23-25,30-31,35,38-42,53-54H,12-15,19-22,26-29H2,1-11H3,(H,47,55)/t30-,31-,35+,38-,39?,40-,41+,42-/m0/s1. The number of anilines is 1. The summed E-state index contributed by atoms with van der Waals surface area (Å²) in [4.78, 5) is 43.9. The number of hydrogen-bond acceptors (Lipinski definition) is 10. The first-order valence-corrected chi connectivity index (χ1v) is 21.9. The van der Waals surface area contributed by atoms with Gasteiger partial charge in [0.05, 0.1) is 26.4 Å². The van der Waals surface area contributed by atoms with Gasteiger partial charge in [-0.05, 0) is 92.9 Å². The number of methoxy groups -OCH3 is 1. The number of carbonyl (C=O) groups excluding carboxylic acids is 2. The highest BCUT2D eigenvalue weighted by Gasteiger charge is 2.57. The van der Waals surface area contributed by atoms with Gasteiger partial charge in [-0.2, -0.15) is 5.06 Å². The zero-order valence-corrected chi connectivity index (χ0v) is 37.3. The number of hydrogen-bond donors (Lipinski definition) is 3. The fourth-order valence-electron chi connectivity index (χ4n) is 10.1. The Hall–Kier alpha value is -3.26. The molecule has 2 aromatic carbocycles. The Labute approximate surface area is 348 Å². The maximum atomic E-state index is 14.5. The van der Waals surface area contributed by atoms with Crippen LogP contribution in [0.15, 0.2) is 36.4 Å². The van der Waals surface area contributed by atoms with Crippen molar-refractivity contribution in [2.75, 3.05) is 85.1 Å². The number of nitrogens with one attached hydrogen (secondary N) is 1.